The van der Waals surface area contributed by atoms with Gasteiger partial charge in [-0.05, 0) is 37.1 Å². The molecule has 0 amide bonds. The second kappa shape index (κ2) is 7.43. The minimum Gasteiger partial charge on any atom is -0.497 e. The first-order valence-corrected chi connectivity index (χ1v) is 7.29. The molecule has 0 saturated carbocycles. The van der Waals surface area contributed by atoms with Crippen molar-refractivity contribution in [3.05, 3.63) is 29.8 Å². The Labute approximate surface area is 125 Å². The van der Waals surface area contributed by atoms with Gasteiger partial charge in [0.25, 0.3) is 0 Å². The zero-order valence-corrected chi connectivity index (χ0v) is 12.6. The smallest absolute Gasteiger partial charge is 0.323 e. The monoisotopic (exact) mass is 293 g/mol. The molecule has 1 saturated heterocycles. The zero-order valence-electron chi connectivity index (χ0n) is 12.6. The molecule has 0 aliphatic carbocycles. The summed E-state index contributed by atoms with van der Waals surface area (Å²) >= 11 is 0. The number of aliphatic hydroxyl groups is 1. The summed E-state index contributed by atoms with van der Waals surface area (Å²) < 4.78 is 10.0. The molecule has 2 rings (SSSR count). The number of aliphatic hydroxyl groups excluding tert-OH is 1. The molecule has 21 heavy (non-hydrogen) atoms. The van der Waals surface area contributed by atoms with Crippen LogP contribution in [0.2, 0.25) is 0 Å². The van der Waals surface area contributed by atoms with Crippen molar-refractivity contribution in [2.24, 2.45) is 0 Å². The van der Waals surface area contributed by atoms with E-state index in [-0.39, 0.29) is 12.0 Å². The van der Waals surface area contributed by atoms with Crippen LogP contribution >= 0.6 is 0 Å². The minimum absolute atomic E-state index is 0.215. The van der Waals surface area contributed by atoms with E-state index >= 15 is 0 Å². The van der Waals surface area contributed by atoms with Gasteiger partial charge in [-0.3, -0.25) is 9.69 Å². The summed E-state index contributed by atoms with van der Waals surface area (Å²) in [6, 6.07) is 7.13. The lowest BCUT2D eigenvalue weighted by molar-refractivity contribution is -0.148. The van der Waals surface area contributed by atoms with E-state index in [2.05, 4.69) is 0 Å². The minimum atomic E-state index is -0.648. The fourth-order valence-electron chi connectivity index (χ4n) is 2.79. The molecule has 0 spiro atoms. The van der Waals surface area contributed by atoms with Crippen LogP contribution in [0.15, 0.2) is 24.3 Å². The van der Waals surface area contributed by atoms with Crippen molar-refractivity contribution in [3.8, 4) is 5.75 Å². The molecule has 1 N–H and O–H groups in total. The number of benzene rings is 1. The molecule has 5 nitrogen and oxygen atoms in total. The molecule has 0 aromatic heterocycles. The number of rotatable bonds is 5. The highest BCUT2D eigenvalue weighted by Gasteiger charge is 2.30. The number of piperidine rings is 1. The van der Waals surface area contributed by atoms with E-state index in [1.807, 2.05) is 29.2 Å². The van der Waals surface area contributed by atoms with Gasteiger partial charge in [-0.15, -0.1) is 0 Å². The molecule has 1 aromatic carbocycles. The van der Waals surface area contributed by atoms with E-state index in [1.165, 1.54) is 7.11 Å². The fourth-order valence-corrected chi connectivity index (χ4v) is 2.79. The summed E-state index contributed by atoms with van der Waals surface area (Å²) in [5, 5.41) is 10.4. The molecule has 2 atom stereocenters. The van der Waals surface area contributed by atoms with E-state index in [9.17, 15) is 9.90 Å². The van der Waals surface area contributed by atoms with Crippen LogP contribution in [0.1, 0.15) is 30.9 Å². The highest BCUT2D eigenvalue weighted by molar-refractivity contribution is 5.75. The quantitative estimate of drug-likeness (QED) is 0.838. The Kier molecular flexibility index (Phi) is 5.59. The first-order chi connectivity index (χ1) is 10.2. The maximum absolute atomic E-state index is 11.8. The van der Waals surface area contributed by atoms with Crippen molar-refractivity contribution < 1.29 is 19.4 Å². The van der Waals surface area contributed by atoms with Crippen molar-refractivity contribution in [3.63, 3.8) is 0 Å². The number of carbonyl (C=O) groups is 1. The van der Waals surface area contributed by atoms with Crippen molar-refractivity contribution in [1.82, 2.24) is 4.90 Å². The van der Waals surface area contributed by atoms with E-state index in [0.29, 0.717) is 6.54 Å². The molecule has 116 valence electrons. The van der Waals surface area contributed by atoms with Gasteiger partial charge in [-0.1, -0.05) is 18.6 Å². The molecule has 0 radical (unpaired) electrons. The van der Waals surface area contributed by atoms with Gasteiger partial charge in [0.1, 0.15) is 11.8 Å². The largest absolute Gasteiger partial charge is 0.497 e. The average Bonchev–Trinajstić information content (AvgIpc) is 2.54. The maximum Gasteiger partial charge on any atom is 0.323 e. The van der Waals surface area contributed by atoms with E-state index < -0.39 is 6.10 Å². The Morgan fingerprint density at radius 1 is 1.43 bits per heavy atom. The van der Waals surface area contributed by atoms with Gasteiger partial charge in [0, 0.05) is 6.54 Å². The summed E-state index contributed by atoms with van der Waals surface area (Å²) in [4.78, 5) is 13.8. The van der Waals surface area contributed by atoms with Crippen LogP contribution in [-0.4, -0.2) is 49.3 Å². The predicted octanol–water partition coefficient (Wildman–Crippen LogP) is 1.76. The number of esters is 1. The van der Waals surface area contributed by atoms with Gasteiger partial charge in [0.05, 0.1) is 20.3 Å². The van der Waals surface area contributed by atoms with Gasteiger partial charge in [-0.25, -0.2) is 0 Å². The van der Waals surface area contributed by atoms with Crippen LogP contribution in [0.5, 0.6) is 5.75 Å². The van der Waals surface area contributed by atoms with E-state index in [0.717, 1.165) is 37.1 Å². The normalized spacial score (nSPS) is 20.8. The Morgan fingerprint density at radius 2 is 2.24 bits per heavy atom. The molecule has 1 aliphatic heterocycles. The van der Waals surface area contributed by atoms with Crippen LogP contribution in [0.25, 0.3) is 0 Å². The van der Waals surface area contributed by atoms with E-state index in [1.54, 1.807) is 7.11 Å². The lowest BCUT2D eigenvalue weighted by atomic mass is 10.0. The Bertz CT molecular complexity index is 477. The third-order valence-corrected chi connectivity index (χ3v) is 3.97. The first kappa shape index (κ1) is 15.8. The molecule has 1 unspecified atom stereocenters. The number of nitrogens with zero attached hydrogens (tertiary/aromatic N) is 1. The number of likely N-dealkylation sites (tertiary alicyclic amines) is 1. The summed E-state index contributed by atoms with van der Waals surface area (Å²) in [6.07, 6.45) is 2.20. The number of β-amino-alcohol motifs (C(OH)–C–C–N with tert-alkyl or cyclic N) is 1. The van der Waals surface area contributed by atoms with E-state index in [4.69, 9.17) is 9.47 Å². The number of carbonyl (C=O) groups excluding carboxylic acids is 1. The second-order valence-corrected chi connectivity index (χ2v) is 5.32. The molecule has 5 heteroatoms. The van der Waals surface area contributed by atoms with Gasteiger partial charge < -0.3 is 14.6 Å². The first-order valence-electron chi connectivity index (χ1n) is 7.29. The van der Waals surface area contributed by atoms with Crippen LogP contribution in [0.3, 0.4) is 0 Å². The SMILES string of the molecule is COC(=O)[C@H]1CCCCN1CC(O)c1cccc(OC)c1. The van der Waals surface area contributed by atoms with Crippen LogP contribution in [0, 0.1) is 0 Å². The third-order valence-electron chi connectivity index (χ3n) is 3.97. The number of hydrogen-bond acceptors (Lipinski definition) is 5. The Hall–Kier alpha value is -1.59. The molecule has 0 bridgehead atoms. The van der Waals surface area contributed by atoms with Crippen molar-refractivity contribution in [2.45, 2.75) is 31.4 Å². The highest BCUT2D eigenvalue weighted by atomic mass is 16.5. The standard InChI is InChI=1S/C16H23NO4/c1-20-13-7-5-6-12(10-13)15(18)11-17-9-4-3-8-14(17)16(19)21-2/h5-7,10,14-15,18H,3-4,8-9,11H2,1-2H3/t14-,15?/m1/s1. The van der Waals surface area contributed by atoms with Crippen LogP contribution in [0.4, 0.5) is 0 Å². The van der Waals surface area contributed by atoms with Crippen LogP contribution < -0.4 is 4.74 Å². The summed E-state index contributed by atoms with van der Waals surface area (Å²) in [6.45, 7) is 1.23. The topological polar surface area (TPSA) is 59.0 Å². The highest BCUT2D eigenvalue weighted by Crippen LogP contribution is 2.24. The summed E-state index contributed by atoms with van der Waals surface area (Å²) in [7, 11) is 3.01. The van der Waals surface area contributed by atoms with Crippen molar-refractivity contribution in [2.75, 3.05) is 27.3 Å². The maximum atomic E-state index is 11.8. The molecule has 1 heterocycles. The van der Waals surface area contributed by atoms with Gasteiger partial charge in [0.15, 0.2) is 0 Å². The van der Waals surface area contributed by atoms with Gasteiger partial charge >= 0.3 is 5.97 Å². The van der Waals surface area contributed by atoms with Crippen LogP contribution in [-0.2, 0) is 9.53 Å². The lowest BCUT2D eigenvalue weighted by Crippen LogP contribution is -2.46. The zero-order chi connectivity index (χ0) is 15.2. The summed E-state index contributed by atoms with van der Waals surface area (Å²) in [5.41, 5.74) is 0.795. The predicted molar refractivity (Wildman–Crippen MR) is 79.2 cm³/mol. The molecule has 1 aliphatic rings. The Morgan fingerprint density at radius 3 is 2.95 bits per heavy atom. The number of ether oxygens (including phenoxy) is 2. The average molecular weight is 293 g/mol. The number of hydrogen-bond donors (Lipinski definition) is 1. The fraction of sp³-hybridized carbons (Fsp3) is 0.562. The van der Waals surface area contributed by atoms with Gasteiger partial charge in [-0.2, -0.15) is 0 Å². The molecular formula is C16H23NO4. The molecule has 1 fully saturated rings. The molecule has 1 aromatic rings. The number of methoxy groups -OCH3 is 2. The Balaban J connectivity index is 2.05. The van der Waals surface area contributed by atoms with Crippen molar-refractivity contribution >= 4 is 5.97 Å². The third kappa shape index (κ3) is 3.95. The second-order valence-electron chi connectivity index (χ2n) is 5.32. The lowest BCUT2D eigenvalue weighted by Gasteiger charge is -2.35. The molecular weight excluding hydrogens is 270 g/mol. The van der Waals surface area contributed by atoms with Gasteiger partial charge in [0.2, 0.25) is 0 Å². The van der Waals surface area contributed by atoms with Crippen molar-refractivity contribution in [1.29, 1.82) is 0 Å². The summed E-state index contributed by atoms with van der Waals surface area (Å²) in [5.74, 6) is 0.502.